The van der Waals surface area contributed by atoms with Crippen molar-refractivity contribution < 1.29 is 14.6 Å². The number of ether oxygens (including phenoxy) is 1. The van der Waals surface area contributed by atoms with Crippen LogP contribution < -0.4 is 4.74 Å². The smallest absolute Gasteiger partial charge is 0.161 e. The number of aldehydes is 1. The van der Waals surface area contributed by atoms with Crippen molar-refractivity contribution in [2.24, 2.45) is 0 Å². The van der Waals surface area contributed by atoms with Crippen LogP contribution in [0.25, 0.3) is 0 Å². The number of phenols is 1. The highest BCUT2D eigenvalue weighted by molar-refractivity contribution is 5.77. The number of aryl methyl sites for hydroxylation is 1. The maximum atomic E-state index is 10.4. The minimum Gasteiger partial charge on any atom is -0.504 e. The summed E-state index contributed by atoms with van der Waals surface area (Å²) < 4.78 is 4.86. The average Bonchev–Trinajstić information content (AvgIpc) is 2.09. The minimum absolute atomic E-state index is 0.0862. The normalized spacial score (nSPS) is 9.50. The van der Waals surface area contributed by atoms with Crippen LogP contribution in [0.4, 0.5) is 0 Å². The van der Waals surface area contributed by atoms with E-state index in [-0.39, 0.29) is 5.75 Å². The Kier molecular flexibility index (Phi) is 2.33. The Bertz CT molecular complexity index is 305. The van der Waals surface area contributed by atoms with Gasteiger partial charge in [-0.25, -0.2) is 0 Å². The molecule has 0 spiro atoms. The molecule has 64 valence electrons. The van der Waals surface area contributed by atoms with E-state index in [4.69, 9.17) is 4.74 Å². The van der Waals surface area contributed by atoms with Crippen LogP contribution in [0.5, 0.6) is 11.5 Å². The molecular formula is C9H10O3. The molecule has 0 saturated heterocycles. The van der Waals surface area contributed by atoms with Gasteiger partial charge in [-0.2, -0.15) is 0 Å². The van der Waals surface area contributed by atoms with Crippen molar-refractivity contribution in [3.8, 4) is 11.5 Å². The van der Waals surface area contributed by atoms with E-state index in [0.29, 0.717) is 16.9 Å². The highest BCUT2D eigenvalue weighted by Crippen LogP contribution is 2.29. The van der Waals surface area contributed by atoms with E-state index in [1.54, 1.807) is 13.0 Å². The van der Waals surface area contributed by atoms with E-state index in [0.717, 1.165) is 6.29 Å². The quantitative estimate of drug-likeness (QED) is 0.677. The van der Waals surface area contributed by atoms with E-state index in [9.17, 15) is 9.90 Å². The molecule has 0 fully saturated rings. The monoisotopic (exact) mass is 166 g/mol. The van der Waals surface area contributed by atoms with Crippen LogP contribution in [0.1, 0.15) is 15.9 Å². The second-order valence-electron chi connectivity index (χ2n) is 2.51. The van der Waals surface area contributed by atoms with Gasteiger partial charge in [-0.1, -0.05) is 0 Å². The Morgan fingerprint density at radius 1 is 1.50 bits per heavy atom. The molecule has 0 bridgehead atoms. The molecule has 0 atom stereocenters. The lowest BCUT2D eigenvalue weighted by Gasteiger charge is -2.05. The van der Waals surface area contributed by atoms with Gasteiger partial charge in [0.15, 0.2) is 11.5 Å². The Morgan fingerprint density at radius 3 is 2.67 bits per heavy atom. The van der Waals surface area contributed by atoms with Crippen LogP contribution in [0.3, 0.4) is 0 Å². The Morgan fingerprint density at radius 2 is 2.17 bits per heavy atom. The molecule has 0 radical (unpaired) electrons. The highest BCUT2D eigenvalue weighted by Gasteiger charge is 2.05. The van der Waals surface area contributed by atoms with Gasteiger partial charge in [0.25, 0.3) is 0 Å². The molecule has 0 heterocycles. The van der Waals surface area contributed by atoms with Crippen LogP contribution in [0.15, 0.2) is 12.1 Å². The standard InChI is InChI=1S/C9H10O3/c1-6-3-7(5-10)4-8(12-2)9(6)11/h3-5,11H,1-2H3. The van der Waals surface area contributed by atoms with E-state index < -0.39 is 0 Å². The molecule has 1 aromatic rings. The zero-order valence-electron chi connectivity index (χ0n) is 7.00. The third-order valence-corrected chi connectivity index (χ3v) is 1.64. The average molecular weight is 166 g/mol. The van der Waals surface area contributed by atoms with Gasteiger partial charge < -0.3 is 9.84 Å². The summed E-state index contributed by atoms with van der Waals surface area (Å²) in [6.45, 7) is 1.71. The Labute approximate surface area is 70.6 Å². The van der Waals surface area contributed by atoms with E-state index in [1.807, 2.05) is 0 Å². The van der Waals surface area contributed by atoms with Crippen LogP contribution in [0, 0.1) is 6.92 Å². The van der Waals surface area contributed by atoms with Gasteiger partial charge in [0.1, 0.15) is 6.29 Å². The lowest BCUT2D eigenvalue weighted by atomic mass is 10.1. The summed E-state index contributed by atoms with van der Waals surface area (Å²) >= 11 is 0. The Balaban J connectivity index is 3.28. The van der Waals surface area contributed by atoms with E-state index >= 15 is 0 Å². The third-order valence-electron chi connectivity index (χ3n) is 1.64. The predicted molar refractivity (Wildman–Crippen MR) is 44.8 cm³/mol. The number of aromatic hydroxyl groups is 1. The molecule has 12 heavy (non-hydrogen) atoms. The molecule has 3 heteroatoms. The summed E-state index contributed by atoms with van der Waals surface area (Å²) in [5.41, 5.74) is 1.14. The molecule has 0 amide bonds. The number of benzene rings is 1. The molecule has 0 saturated carbocycles. The first-order chi connectivity index (χ1) is 5.69. The molecule has 1 aromatic carbocycles. The zero-order chi connectivity index (χ0) is 9.14. The fourth-order valence-corrected chi connectivity index (χ4v) is 0.998. The van der Waals surface area contributed by atoms with Crippen LogP contribution in [-0.2, 0) is 0 Å². The zero-order valence-corrected chi connectivity index (χ0v) is 7.00. The Hall–Kier alpha value is -1.51. The first-order valence-corrected chi connectivity index (χ1v) is 3.52. The number of rotatable bonds is 2. The van der Waals surface area contributed by atoms with Gasteiger partial charge >= 0.3 is 0 Å². The number of carbonyl (C=O) groups is 1. The van der Waals surface area contributed by atoms with Crippen molar-refractivity contribution in [2.75, 3.05) is 7.11 Å². The van der Waals surface area contributed by atoms with Crippen molar-refractivity contribution in [2.45, 2.75) is 6.92 Å². The van der Waals surface area contributed by atoms with Crippen molar-refractivity contribution in [3.63, 3.8) is 0 Å². The molecule has 1 N–H and O–H groups in total. The maximum absolute atomic E-state index is 10.4. The molecule has 0 aliphatic carbocycles. The van der Waals surface area contributed by atoms with E-state index in [2.05, 4.69) is 0 Å². The molecule has 1 rings (SSSR count). The van der Waals surface area contributed by atoms with Crippen LogP contribution >= 0.6 is 0 Å². The van der Waals surface area contributed by atoms with Crippen LogP contribution in [0.2, 0.25) is 0 Å². The number of hydrogen-bond acceptors (Lipinski definition) is 3. The molecule has 0 aromatic heterocycles. The topological polar surface area (TPSA) is 46.5 Å². The first-order valence-electron chi connectivity index (χ1n) is 3.52. The van der Waals surface area contributed by atoms with Gasteiger partial charge in [0, 0.05) is 5.56 Å². The second kappa shape index (κ2) is 3.26. The highest BCUT2D eigenvalue weighted by atomic mass is 16.5. The summed E-state index contributed by atoms with van der Waals surface area (Å²) in [5, 5.41) is 9.38. The lowest BCUT2D eigenvalue weighted by molar-refractivity contribution is 0.112. The van der Waals surface area contributed by atoms with Gasteiger partial charge in [0.2, 0.25) is 0 Å². The lowest BCUT2D eigenvalue weighted by Crippen LogP contribution is -1.89. The number of phenolic OH excluding ortho intramolecular Hbond substituents is 1. The molecule has 0 unspecified atom stereocenters. The number of carbonyl (C=O) groups excluding carboxylic acids is 1. The van der Waals surface area contributed by atoms with Gasteiger partial charge in [0.05, 0.1) is 7.11 Å². The third kappa shape index (κ3) is 1.39. The summed E-state index contributed by atoms with van der Waals surface area (Å²) in [5.74, 6) is 0.417. The second-order valence-corrected chi connectivity index (χ2v) is 2.51. The fourth-order valence-electron chi connectivity index (χ4n) is 0.998. The summed E-state index contributed by atoms with van der Waals surface area (Å²) in [7, 11) is 1.45. The molecule has 0 aliphatic heterocycles. The summed E-state index contributed by atoms with van der Waals surface area (Å²) in [6, 6.07) is 3.10. The fraction of sp³-hybridized carbons (Fsp3) is 0.222. The van der Waals surface area contributed by atoms with Crippen molar-refractivity contribution in [1.82, 2.24) is 0 Å². The van der Waals surface area contributed by atoms with Crippen molar-refractivity contribution >= 4 is 6.29 Å². The molecular weight excluding hydrogens is 156 g/mol. The maximum Gasteiger partial charge on any atom is 0.161 e. The largest absolute Gasteiger partial charge is 0.504 e. The molecule has 3 nitrogen and oxygen atoms in total. The van der Waals surface area contributed by atoms with E-state index in [1.165, 1.54) is 13.2 Å². The van der Waals surface area contributed by atoms with Gasteiger partial charge in [-0.05, 0) is 24.6 Å². The molecule has 0 aliphatic rings. The van der Waals surface area contributed by atoms with Gasteiger partial charge in [-0.15, -0.1) is 0 Å². The van der Waals surface area contributed by atoms with Crippen LogP contribution in [-0.4, -0.2) is 18.5 Å². The minimum atomic E-state index is 0.0862. The first kappa shape index (κ1) is 8.59. The number of methoxy groups -OCH3 is 1. The van der Waals surface area contributed by atoms with Crippen molar-refractivity contribution in [1.29, 1.82) is 0 Å². The van der Waals surface area contributed by atoms with Gasteiger partial charge in [-0.3, -0.25) is 4.79 Å². The van der Waals surface area contributed by atoms with Crippen molar-refractivity contribution in [3.05, 3.63) is 23.3 Å². The SMILES string of the molecule is COc1cc(C=O)cc(C)c1O. The number of hydrogen-bond donors (Lipinski definition) is 1. The predicted octanol–water partition coefficient (Wildman–Crippen LogP) is 1.52. The summed E-state index contributed by atoms with van der Waals surface area (Å²) in [4.78, 5) is 10.4. The summed E-state index contributed by atoms with van der Waals surface area (Å²) in [6.07, 6.45) is 0.717.